The van der Waals surface area contributed by atoms with Gasteiger partial charge in [-0.25, -0.2) is 9.78 Å². The molecule has 4 nitrogen and oxygen atoms in total. The van der Waals surface area contributed by atoms with Crippen LogP contribution in [0.3, 0.4) is 0 Å². The highest BCUT2D eigenvalue weighted by Crippen LogP contribution is 2.16. The largest absolute Gasteiger partial charge is 0.326 e. The van der Waals surface area contributed by atoms with Gasteiger partial charge in [0.1, 0.15) is 5.15 Å². The number of H-pyrrole nitrogens is 1. The lowest BCUT2D eigenvalue weighted by molar-refractivity contribution is 0.597. The number of pyridine rings is 1. The number of imidazole rings is 1. The predicted octanol–water partition coefficient (Wildman–Crippen LogP) is 1.96. The Morgan fingerprint density at radius 3 is 2.93 bits per heavy atom. The Balaban J connectivity index is 2.84. The molecule has 0 radical (unpaired) electrons. The summed E-state index contributed by atoms with van der Waals surface area (Å²) in [4.78, 5) is 18.2. The molecular weight excluding hydrogens is 202 g/mol. The van der Waals surface area contributed by atoms with Gasteiger partial charge in [0.15, 0.2) is 0 Å². The van der Waals surface area contributed by atoms with Gasteiger partial charge in [-0.05, 0) is 13.8 Å². The highest BCUT2D eigenvalue weighted by Gasteiger charge is 2.09. The number of aromatic amines is 1. The summed E-state index contributed by atoms with van der Waals surface area (Å²) in [5, 5.41) is 0.384. The molecule has 0 bridgehead atoms. The van der Waals surface area contributed by atoms with Crippen molar-refractivity contribution in [3.63, 3.8) is 0 Å². The van der Waals surface area contributed by atoms with Gasteiger partial charge < -0.3 is 4.98 Å². The average molecular weight is 212 g/mol. The van der Waals surface area contributed by atoms with Crippen molar-refractivity contribution in [3.05, 3.63) is 27.9 Å². The highest BCUT2D eigenvalue weighted by atomic mass is 35.5. The van der Waals surface area contributed by atoms with Crippen molar-refractivity contribution in [1.82, 2.24) is 14.5 Å². The first-order valence-electron chi connectivity index (χ1n) is 4.35. The van der Waals surface area contributed by atoms with E-state index in [1.807, 2.05) is 13.8 Å². The summed E-state index contributed by atoms with van der Waals surface area (Å²) in [7, 11) is 0. The van der Waals surface area contributed by atoms with Gasteiger partial charge in [0, 0.05) is 12.1 Å². The van der Waals surface area contributed by atoms with Gasteiger partial charge in [-0.3, -0.25) is 4.57 Å². The van der Waals surface area contributed by atoms with Crippen LogP contribution in [0.2, 0.25) is 5.15 Å². The monoisotopic (exact) mass is 211 g/mol. The molecule has 0 atom stereocenters. The van der Waals surface area contributed by atoms with Gasteiger partial charge >= 0.3 is 5.69 Å². The quantitative estimate of drug-likeness (QED) is 0.734. The van der Waals surface area contributed by atoms with E-state index in [-0.39, 0.29) is 11.7 Å². The number of aromatic nitrogens is 3. The van der Waals surface area contributed by atoms with Crippen LogP contribution in [-0.2, 0) is 0 Å². The standard InChI is InChI=1S/C9H10ClN3O/c1-5(2)13-7-4-11-8(10)3-6(7)12-9(13)14/h3-5H,1-2H3,(H,12,14). The summed E-state index contributed by atoms with van der Waals surface area (Å²) >= 11 is 5.72. The summed E-state index contributed by atoms with van der Waals surface area (Å²) in [6.45, 7) is 3.90. The summed E-state index contributed by atoms with van der Waals surface area (Å²) < 4.78 is 1.65. The zero-order valence-corrected chi connectivity index (χ0v) is 8.67. The third-order valence-corrected chi connectivity index (χ3v) is 2.29. The molecule has 0 saturated carbocycles. The Bertz CT molecular complexity index is 526. The number of nitrogens with zero attached hydrogens (tertiary/aromatic N) is 2. The normalized spacial score (nSPS) is 11.4. The summed E-state index contributed by atoms with van der Waals surface area (Å²) in [6, 6.07) is 1.76. The van der Waals surface area contributed by atoms with Crippen LogP contribution in [0.25, 0.3) is 11.0 Å². The van der Waals surface area contributed by atoms with E-state index in [1.165, 1.54) is 0 Å². The smallest absolute Gasteiger partial charge is 0.305 e. The van der Waals surface area contributed by atoms with Gasteiger partial charge in [0.2, 0.25) is 0 Å². The maximum absolute atomic E-state index is 11.5. The van der Waals surface area contributed by atoms with E-state index in [1.54, 1.807) is 16.8 Å². The van der Waals surface area contributed by atoms with Crippen LogP contribution in [0.5, 0.6) is 0 Å². The molecule has 2 heterocycles. The molecular formula is C9H10ClN3O. The van der Waals surface area contributed by atoms with E-state index in [4.69, 9.17) is 11.6 Å². The zero-order chi connectivity index (χ0) is 10.3. The molecule has 0 aliphatic heterocycles. The second-order valence-corrected chi connectivity index (χ2v) is 3.81. The topological polar surface area (TPSA) is 50.7 Å². The number of hydrogen-bond acceptors (Lipinski definition) is 2. The van der Waals surface area contributed by atoms with Crippen LogP contribution in [-0.4, -0.2) is 14.5 Å². The van der Waals surface area contributed by atoms with E-state index in [2.05, 4.69) is 9.97 Å². The molecule has 74 valence electrons. The van der Waals surface area contributed by atoms with E-state index < -0.39 is 0 Å². The lowest BCUT2D eigenvalue weighted by Crippen LogP contribution is -2.18. The third kappa shape index (κ3) is 1.32. The Hall–Kier alpha value is -1.29. The van der Waals surface area contributed by atoms with Crippen molar-refractivity contribution >= 4 is 22.6 Å². The Labute approximate surface area is 85.5 Å². The SMILES string of the molecule is CC(C)n1c(=O)[nH]c2cc(Cl)ncc21. The Kier molecular flexibility index (Phi) is 2.07. The van der Waals surface area contributed by atoms with Crippen molar-refractivity contribution in [3.8, 4) is 0 Å². The van der Waals surface area contributed by atoms with Crippen molar-refractivity contribution in [1.29, 1.82) is 0 Å². The fourth-order valence-electron chi connectivity index (χ4n) is 1.51. The fourth-order valence-corrected chi connectivity index (χ4v) is 1.67. The van der Waals surface area contributed by atoms with Crippen LogP contribution >= 0.6 is 11.6 Å². The molecule has 2 rings (SSSR count). The van der Waals surface area contributed by atoms with Crippen molar-refractivity contribution < 1.29 is 0 Å². The molecule has 0 aliphatic rings. The first-order chi connectivity index (χ1) is 6.59. The van der Waals surface area contributed by atoms with Crippen molar-refractivity contribution in [2.75, 3.05) is 0 Å². The minimum absolute atomic E-state index is 0.110. The molecule has 0 saturated heterocycles. The summed E-state index contributed by atoms with van der Waals surface area (Å²) in [6.07, 6.45) is 1.61. The van der Waals surface area contributed by atoms with Gasteiger partial charge in [-0.2, -0.15) is 0 Å². The van der Waals surface area contributed by atoms with Gasteiger partial charge in [0.25, 0.3) is 0 Å². The molecule has 2 aromatic rings. The third-order valence-electron chi connectivity index (χ3n) is 2.09. The lowest BCUT2D eigenvalue weighted by atomic mass is 10.3. The summed E-state index contributed by atoms with van der Waals surface area (Å²) in [5.41, 5.74) is 1.39. The number of hydrogen-bond donors (Lipinski definition) is 1. The number of rotatable bonds is 1. The maximum atomic E-state index is 11.5. The molecule has 1 N–H and O–H groups in total. The van der Waals surface area contributed by atoms with Crippen LogP contribution in [0.15, 0.2) is 17.1 Å². The minimum atomic E-state index is -0.126. The van der Waals surface area contributed by atoms with E-state index in [0.29, 0.717) is 5.15 Å². The predicted molar refractivity (Wildman–Crippen MR) is 55.7 cm³/mol. The number of fused-ring (bicyclic) bond motifs is 1. The summed E-state index contributed by atoms with van der Waals surface area (Å²) in [5.74, 6) is 0. The second kappa shape index (κ2) is 3.13. The van der Waals surface area contributed by atoms with Gasteiger partial charge in [-0.15, -0.1) is 0 Å². The molecule has 5 heteroatoms. The maximum Gasteiger partial charge on any atom is 0.326 e. The molecule has 0 spiro atoms. The number of nitrogens with one attached hydrogen (secondary N) is 1. The molecule has 0 fully saturated rings. The van der Waals surface area contributed by atoms with Crippen LogP contribution < -0.4 is 5.69 Å². The minimum Gasteiger partial charge on any atom is -0.305 e. The molecule has 0 amide bonds. The zero-order valence-electron chi connectivity index (χ0n) is 7.91. The Morgan fingerprint density at radius 1 is 1.57 bits per heavy atom. The Morgan fingerprint density at radius 2 is 2.29 bits per heavy atom. The first-order valence-corrected chi connectivity index (χ1v) is 4.73. The average Bonchev–Trinajstić information content (AvgIpc) is 2.39. The van der Waals surface area contributed by atoms with Crippen molar-refractivity contribution in [2.45, 2.75) is 19.9 Å². The molecule has 14 heavy (non-hydrogen) atoms. The first kappa shape index (κ1) is 9.27. The second-order valence-electron chi connectivity index (χ2n) is 3.42. The number of halogens is 1. The van der Waals surface area contributed by atoms with Gasteiger partial charge in [0.05, 0.1) is 17.2 Å². The van der Waals surface area contributed by atoms with Gasteiger partial charge in [-0.1, -0.05) is 11.6 Å². The fraction of sp³-hybridized carbons (Fsp3) is 0.333. The van der Waals surface area contributed by atoms with E-state index >= 15 is 0 Å². The van der Waals surface area contributed by atoms with Crippen molar-refractivity contribution in [2.24, 2.45) is 0 Å². The molecule has 0 unspecified atom stereocenters. The molecule has 0 aromatic carbocycles. The lowest BCUT2D eigenvalue weighted by Gasteiger charge is -2.05. The van der Waals surface area contributed by atoms with E-state index in [9.17, 15) is 4.79 Å². The molecule has 0 aliphatic carbocycles. The van der Waals surface area contributed by atoms with Crippen LogP contribution in [0.1, 0.15) is 19.9 Å². The highest BCUT2D eigenvalue weighted by molar-refractivity contribution is 6.29. The van der Waals surface area contributed by atoms with E-state index in [0.717, 1.165) is 11.0 Å². The van der Waals surface area contributed by atoms with Crippen LogP contribution in [0, 0.1) is 0 Å². The van der Waals surface area contributed by atoms with Crippen LogP contribution in [0.4, 0.5) is 0 Å². The molecule has 2 aromatic heterocycles.